The molecule has 0 aromatic heterocycles. The van der Waals surface area contributed by atoms with Gasteiger partial charge in [-0.05, 0) is 31.9 Å². The quantitative estimate of drug-likeness (QED) is 0.566. The predicted octanol–water partition coefficient (Wildman–Crippen LogP) is 2.41. The summed E-state index contributed by atoms with van der Waals surface area (Å²) in [6, 6.07) is 0. The molecule has 1 heterocycles. The second-order valence-corrected chi connectivity index (χ2v) is 4.75. The highest BCUT2D eigenvalue weighted by Gasteiger charge is 2.39. The molecule has 4 nitrogen and oxygen atoms in total. The Labute approximate surface area is 114 Å². The van der Waals surface area contributed by atoms with Crippen molar-refractivity contribution in [2.75, 3.05) is 27.4 Å². The van der Waals surface area contributed by atoms with Crippen molar-refractivity contribution in [3.63, 3.8) is 0 Å². The standard InChI is InChI=1S/C15H22O4/c1-6-11(8-7-9-17-4)12-10-19-15(2,3)13(12)14(16)18-5/h6-8H,9-10H2,1-5H3/b8-7-,11-6+. The van der Waals surface area contributed by atoms with Gasteiger partial charge in [-0.1, -0.05) is 18.2 Å². The van der Waals surface area contributed by atoms with Crippen LogP contribution in [-0.4, -0.2) is 39.0 Å². The van der Waals surface area contributed by atoms with Gasteiger partial charge < -0.3 is 14.2 Å². The minimum absolute atomic E-state index is 0.336. The van der Waals surface area contributed by atoms with Crippen molar-refractivity contribution in [2.24, 2.45) is 0 Å². The van der Waals surface area contributed by atoms with E-state index in [1.54, 1.807) is 7.11 Å². The Balaban J connectivity index is 3.15. The fourth-order valence-electron chi connectivity index (χ4n) is 2.10. The van der Waals surface area contributed by atoms with E-state index in [0.29, 0.717) is 18.8 Å². The lowest BCUT2D eigenvalue weighted by molar-refractivity contribution is -0.138. The van der Waals surface area contributed by atoms with E-state index in [9.17, 15) is 4.79 Å². The van der Waals surface area contributed by atoms with Crippen LogP contribution in [0.4, 0.5) is 0 Å². The smallest absolute Gasteiger partial charge is 0.337 e. The summed E-state index contributed by atoms with van der Waals surface area (Å²) < 4.78 is 15.5. The first-order chi connectivity index (χ1) is 8.97. The number of ether oxygens (including phenoxy) is 3. The molecule has 1 aliphatic rings. The van der Waals surface area contributed by atoms with Crippen molar-refractivity contribution in [3.05, 3.63) is 34.9 Å². The molecule has 0 fully saturated rings. The lowest BCUT2D eigenvalue weighted by atomic mass is 9.92. The van der Waals surface area contributed by atoms with Crippen LogP contribution in [0.15, 0.2) is 34.9 Å². The molecule has 0 aromatic carbocycles. The summed E-state index contributed by atoms with van der Waals surface area (Å²) >= 11 is 0. The van der Waals surface area contributed by atoms with Gasteiger partial charge in [-0.25, -0.2) is 4.79 Å². The molecule has 1 rings (SSSR count). The van der Waals surface area contributed by atoms with Crippen molar-refractivity contribution in [2.45, 2.75) is 26.4 Å². The summed E-state index contributed by atoms with van der Waals surface area (Å²) in [5, 5.41) is 0. The molecular formula is C15H22O4. The molecule has 0 N–H and O–H groups in total. The lowest BCUT2D eigenvalue weighted by Gasteiger charge is -2.20. The average Bonchev–Trinajstić information content (AvgIpc) is 2.69. The van der Waals surface area contributed by atoms with Gasteiger partial charge in [-0.2, -0.15) is 0 Å². The summed E-state index contributed by atoms with van der Waals surface area (Å²) in [5.41, 5.74) is 1.81. The summed E-state index contributed by atoms with van der Waals surface area (Å²) in [4.78, 5) is 12.0. The zero-order valence-electron chi connectivity index (χ0n) is 12.3. The number of esters is 1. The molecule has 0 amide bonds. The van der Waals surface area contributed by atoms with Gasteiger partial charge >= 0.3 is 5.97 Å². The highest BCUT2D eigenvalue weighted by molar-refractivity contribution is 5.93. The highest BCUT2D eigenvalue weighted by Crippen LogP contribution is 2.35. The van der Waals surface area contributed by atoms with Crippen LogP contribution in [0.1, 0.15) is 20.8 Å². The first kappa shape index (κ1) is 15.7. The number of rotatable bonds is 5. The van der Waals surface area contributed by atoms with E-state index in [1.807, 2.05) is 39.0 Å². The molecule has 0 saturated heterocycles. The van der Waals surface area contributed by atoms with Gasteiger partial charge in [0.2, 0.25) is 0 Å². The molecule has 106 valence electrons. The van der Waals surface area contributed by atoms with Crippen LogP contribution in [0.5, 0.6) is 0 Å². The first-order valence-corrected chi connectivity index (χ1v) is 6.26. The minimum Gasteiger partial charge on any atom is -0.466 e. The van der Waals surface area contributed by atoms with Gasteiger partial charge in [0.05, 0.1) is 31.5 Å². The van der Waals surface area contributed by atoms with E-state index in [0.717, 1.165) is 11.1 Å². The first-order valence-electron chi connectivity index (χ1n) is 6.26. The molecule has 0 aliphatic carbocycles. The van der Waals surface area contributed by atoms with Crippen molar-refractivity contribution < 1.29 is 19.0 Å². The zero-order chi connectivity index (χ0) is 14.5. The van der Waals surface area contributed by atoms with Gasteiger partial charge in [0, 0.05) is 7.11 Å². The van der Waals surface area contributed by atoms with E-state index < -0.39 is 5.60 Å². The number of allylic oxidation sites excluding steroid dienone is 2. The monoisotopic (exact) mass is 266 g/mol. The van der Waals surface area contributed by atoms with E-state index in [1.165, 1.54) is 7.11 Å². The van der Waals surface area contributed by atoms with Gasteiger partial charge in [0.25, 0.3) is 0 Å². The van der Waals surface area contributed by atoms with Crippen molar-refractivity contribution >= 4 is 5.97 Å². The summed E-state index contributed by atoms with van der Waals surface area (Å²) in [6.07, 6.45) is 5.80. The summed E-state index contributed by atoms with van der Waals surface area (Å²) in [6.45, 7) is 6.62. The van der Waals surface area contributed by atoms with Gasteiger partial charge in [-0.15, -0.1) is 0 Å². The molecule has 4 heteroatoms. The van der Waals surface area contributed by atoms with Crippen LogP contribution in [0.25, 0.3) is 0 Å². The van der Waals surface area contributed by atoms with Crippen LogP contribution in [-0.2, 0) is 19.0 Å². The molecule has 0 atom stereocenters. The normalized spacial score (nSPS) is 19.3. The maximum absolute atomic E-state index is 12.0. The Morgan fingerprint density at radius 2 is 2.11 bits per heavy atom. The number of methoxy groups -OCH3 is 2. The average molecular weight is 266 g/mol. The van der Waals surface area contributed by atoms with Crippen LogP contribution in [0, 0.1) is 0 Å². The van der Waals surface area contributed by atoms with E-state index in [4.69, 9.17) is 14.2 Å². The van der Waals surface area contributed by atoms with E-state index >= 15 is 0 Å². The molecular weight excluding hydrogens is 244 g/mol. The highest BCUT2D eigenvalue weighted by atomic mass is 16.5. The Hall–Kier alpha value is -1.39. The van der Waals surface area contributed by atoms with Crippen molar-refractivity contribution in [3.8, 4) is 0 Å². The van der Waals surface area contributed by atoms with E-state index in [-0.39, 0.29) is 5.97 Å². The third kappa shape index (κ3) is 3.55. The molecule has 0 radical (unpaired) electrons. The maximum atomic E-state index is 12.0. The van der Waals surface area contributed by atoms with Crippen LogP contribution >= 0.6 is 0 Å². The largest absolute Gasteiger partial charge is 0.466 e. The summed E-state index contributed by atoms with van der Waals surface area (Å²) in [5.74, 6) is -0.336. The lowest BCUT2D eigenvalue weighted by Crippen LogP contribution is -2.27. The Morgan fingerprint density at radius 3 is 2.63 bits per heavy atom. The van der Waals surface area contributed by atoms with Crippen LogP contribution in [0.3, 0.4) is 0 Å². The fourth-order valence-corrected chi connectivity index (χ4v) is 2.10. The van der Waals surface area contributed by atoms with Gasteiger partial charge in [0.15, 0.2) is 0 Å². The second-order valence-electron chi connectivity index (χ2n) is 4.75. The second kappa shape index (κ2) is 6.68. The van der Waals surface area contributed by atoms with Gasteiger partial charge in [0.1, 0.15) is 0 Å². The Kier molecular flexibility index (Phi) is 5.51. The number of hydrogen-bond acceptors (Lipinski definition) is 4. The molecule has 0 saturated carbocycles. The number of carbonyl (C=O) groups excluding carboxylic acids is 1. The minimum atomic E-state index is -0.619. The van der Waals surface area contributed by atoms with Crippen LogP contribution in [0.2, 0.25) is 0 Å². The molecule has 0 unspecified atom stereocenters. The third-order valence-corrected chi connectivity index (χ3v) is 3.09. The van der Waals surface area contributed by atoms with Gasteiger partial charge in [-0.3, -0.25) is 0 Å². The topological polar surface area (TPSA) is 44.8 Å². The molecule has 0 aromatic rings. The van der Waals surface area contributed by atoms with Crippen molar-refractivity contribution in [1.29, 1.82) is 0 Å². The third-order valence-electron chi connectivity index (χ3n) is 3.09. The molecule has 0 bridgehead atoms. The fraction of sp³-hybridized carbons (Fsp3) is 0.533. The maximum Gasteiger partial charge on any atom is 0.337 e. The summed E-state index contributed by atoms with van der Waals surface area (Å²) in [7, 11) is 3.03. The number of hydrogen-bond donors (Lipinski definition) is 0. The molecule has 1 aliphatic heterocycles. The van der Waals surface area contributed by atoms with Crippen molar-refractivity contribution in [1.82, 2.24) is 0 Å². The SMILES string of the molecule is C/C=C(\C=C/COC)C1=C(C(=O)OC)C(C)(C)OC1. The zero-order valence-corrected chi connectivity index (χ0v) is 12.3. The Bertz CT molecular complexity index is 427. The van der Waals surface area contributed by atoms with E-state index in [2.05, 4.69) is 0 Å². The number of carbonyl (C=O) groups is 1. The predicted molar refractivity (Wildman–Crippen MR) is 73.8 cm³/mol. The van der Waals surface area contributed by atoms with Crippen LogP contribution < -0.4 is 0 Å². The molecule has 0 spiro atoms. The Morgan fingerprint density at radius 1 is 1.42 bits per heavy atom. The molecule has 19 heavy (non-hydrogen) atoms.